The first kappa shape index (κ1) is 15.1. The number of halogens is 1. The third-order valence-corrected chi connectivity index (χ3v) is 4.45. The van der Waals surface area contributed by atoms with Gasteiger partial charge in [-0.25, -0.2) is 14.4 Å². The van der Waals surface area contributed by atoms with E-state index in [1.54, 1.807) is 0 Å². The standard InChI is InChI=1S/C18H18FN4O/c19-15-10-23(13-6-7-14(24)8-13)18-16(15)17(21-11-22-18)20-9-12-4-2-1-3-5-12/h1-5,7,10-11,13-14,24H,6,8-9H2,(H,20,21,22)/t13-,14+/m1/s1. The Morgan fingerprint density at radius 2 is 2.08 bits per heavy atom. The van der Waals surface area contributed by atoms with Crippen LogP contribution in [0.3, 0.4) is 0 Å². The van der Waals surface area contributed by atoms with Crippen LogP contribution >= 0.6 is 0 Å². The second kappa shape index (κ2) is 6.20. The summed E-state index contributed by atoms with van der Waals surface area (Å²) < 4.78 is 16.3. The van der Waals surface area contributed by atoms with E-state index in [4.69, 9.17) is 0 Å². The topological polar surface area (TPSA) is 63.0 Å². The lowest BCUT2D eigenvalue weighted by molar-refractivity contribution is 0.206. The van der Waals surface area contributed by atoms with Gasteiger partial charge in [0.15, 0.2) is 5.82 Å². The van der Waals surface area contributed by atoms with Crippen LogP contribution in [-0.2, 0) is 6.54 Å². The molecule has 5 nitrogen and oxygen atoms in total. The van der Waals surface area contributed by atoms with E-state index in [2.05, 4.69) is 15.3 Å². The molecule has 1 aliphatic carbocycles. The molecule has 1 aromatic carbocycles. The maximum Gasteiger partial charge on any atom is 0.154 e. The van der Waals surface area contributed by atoms with Crippen LogP contribution in [0, 0.1) is 12.2 Å². The largest absolute Gasteiger partial charge is 0.393 e. The molecule has 0 amide bonds. The Kier molecular flexibility index (Phi) is 3.90. The average Bonchev–Trinajstić information content (AvgIpc) is 3.18. The summed E-state index contributed by atoms with van der Waals surface area (Å²) in [5.74, 6) is 0.144. The number of aliphatic hydroxyl groups is 1. The zero-order valence-corrected chi connectivity index (χ0v) is 13.1. The molecule has 3 aromatic rings. The van der Waals surface area contributed by atoms with Gasteiger partial charge < -0.3 is 15.0 Å². The van der Waals surface area contributed by atoms with Gasteiger partial charge in [0.1, 0.15) is 17.8 Å². The van der Waals surface area contributed by atoms with Crippen molar-refractivity contribution in [3.63, 3.8) is 0 Å². The number of aliphatic hydroxyl groups excluding tert-OH is 1. The molecule has 0 spiro atoms. The van der Waals surface area contributed by atoms with Crippen molar-refractivity contribution in [3.05, 3.63) is 60.7 Å². The van der Waals surface area contributed by atoms with Crippen LogP contribution in [-0.4, -0.2) is 25.7 Å². The predicted octanol–water partition coefficient (Wildman–Crippen LogP) is 3.08. The zero-order valence-electron chi connectivity index (χ0n) is 13.1. The molecule has 2 atom stereocenters. The number of hydrogen-bond donors (Lipinski definition) is 2. The molecule has 0 aliphatic heterocycles. The number of aromatic nitrogens is 3. The van der Waals surface area contributed by atoms with Gasteiger partial charge >= 0.3 is 0 Å². The van der Waals surface area contributed by atoms with Crippen molar-refractivity contribution >= 4 is 16.9 Å². The van der Waals surface area contributed by atoms with Gasteiger partial charge in [-0.15, -0.1) is 0 Å². The fourth-order valence-corrected chi connectivity index (χ4v) is 3.25. The number of benzene rings is 1. The lowest BCUT2D eigenvalue weighted by Gasteiger charge is -2.13. The molecule has 1 fully saturated rings. The normalized spacial score (nSPS) is 20.6. The summed E-state index contributed by atoms with van der Waals surface area (Å²) >= 11 is 0. The van der Waals surface area contributed by atoms with Crippen LogP contribution in [0.15, 0.2) is 42.9 Å². The summed E-state index contributed by atoms with van der Waals surface area (Å²) in [6.07, 6.45) is 5.61. The predicted molar refractivity (Wildman–Crippen MR) is 89.8 cm³/mol. The molecule has 1 saturated carbocycles. The molecule has 1 aliphatic rings. The van der Waals surface area contributed by atoms with Gasteiger partial charge in [-0.1, -0.05) is 30.3 Å². The number of nitrogens with zero attached hydrogens (tertiary/aromatic N) is 3. The molecule has 0 bridgehead atoms. The van der Waals surface area contributed by atoms with E-state index >= 15 is 0 Å². The van der Waals surface area contributed by atoms with Crippen LogP contribution in [0.25, 0.3) is 11.0 Å². The molecular weight excluding hydrogens is 307 g/mol. The van der Waals surface area contributed by atoms with Gasteiger partial charge in [-0.05, 0) is 24.8 Å². The number of anilines is 1. The number of fused-ring (bicyclic) bond motifs is 1. The summed E-state index contributed by atoms with van der Waals surface area (Å²) in [6, 6.07) is 9.92. The Hall–Kier alpha value is -2.47. The molecule has 6 heteroatoms. The van der Waals surface area contributed by atoms with Crippen LogP contribution < -0.4 is 5.32 Å². The van der Waals surface area contributed by atoms with Crippen LogP contribution in [0.4, 0.5) is 10.2 Å². The first-order chi connectivity index (χ1) is 11.7. The molecule has 0 saturated heterocycles. The zero-order chi connectivity index (χ0) is 16.5. The number of nitrogens with one attached hydrogen (secondary N) is 1. The monoisotopic (exact) mass is 325 g/mol. The second-order valence-electron chi connectivity index (χ2n) is 6.07. The van der Waals surface area contributed by atoms with Crippen molar-refractivity contribution < 1.29 is 9.50 Å². The summed E-state index contributed by atoms with van der Waals surface area (Å²) in [5, 5.41) is 13.3. The molecule has 2 N–H and O–H groups in total. The molecule has 2 aromatic heterocycles. The Morgan fingerprint density at radius 3 is 2.83 bits per heavy atom. The minimum Gasteiger partial charge on any atom is -0.393 e. The van der Waals surface area contributed by atoms with E-state index < -0.39 is 6.10 Å². The van der Waals surface area contributed by atoms with Gasteiger partial charge in [0.2, 0.25) is 0 Å². The first-order valence-electron chi connectivity index (χ1n) is 8.02. The summed E-state index contributed by atoms with van der Waals surface area (Å²) in [5.41, 5.74) is 1.66. The molecule has 1 radical (unpaired) electrons. The minimum absolute atomic E-state index is 0.0314. The van der Waals surface area contributed by atoms with Crippen molar-refractivity contribution in [1.29, 1.82) is 0 Å². The van der Waals surface area contributed by atoms with Crippen molar-refractivity contribution in [2.75, 3.05) is 5.32 Å². The summed E-state index contributed by atoms with van der Waals surface area (Å²) in [4.78, 5) is 8.47. The highest BCUT2D eigenvalue weighted by molar-refractivity contribution is 5.88. The summed E-state index contributed by atoms with van der Waals surface area (Å²) in [6.45, 7) is 0.563. The molecule has 0 unspecified atom stereocenters. The fourth-order valence-electron chi connectivity index (χ4n) is 3.25. The van der Waals surface area contributed by atoms with Gasteiger partial charge in [-0.2, -0.15) is 0 Å². The van der Waals surface area contributed by atoms with Crippen LogP contribution in [0.5, 0.6) is 0 Å². The lowest BCUT2D eigenvalue weighted by atomic mass is 10.2. The molecule has 123 valence electrons. The Bertz CT molecular complexity index is 849. The second-order valence-corrected chi connectivity index (χ2v) is 6.07. The number of hydrogen-bond acceptors (Lipinski definition) is 4. The van der Waals surface area contributed by atoms with Gasteiger partial charge in [0.05, 0.1) is 11.5 Å². The van der Waals surface area contributed by atoms with Crippen molar-refractivity contribution in [1.82, 2.24) is 14.5 Å². The smallest absolute Gasteiger partial charge is 0.154 e. The van der Waals surface area contributed by atoms with E-state index in [-0.39, 0.29) is 11.9 Å². The van der Waals surface area contributed by atoms with Crippen LogP contribution in [0.1, 0.15) is 24.4 Å². The van der Waals surface area contributed by atoms with Crippen molar-refractivity contribution in [3.8, 4) is 0 Å². The minimum atomic E-state index is -0.437. The highest BCUT2D eigenvalue weighted by atomic mass is 19.1. The number of rotatable bonds is 4. The Labute approximate surface area is 139 Å². The maximum atomic E-state index is 14.5. The van der Waals surface area contributed by atoms with E-state index in [0.29, 0.717) is 36.2 Å². The first-order valence-corrected chi connectivity index (χ1v) is 8.02. The fraction of sp³-hybridized carbons (Fsp3) is 0.278. The lowest BCUT2D eigenvalue weighted by Crippen LogP contribution is -2.07. The van der Waals surface area contributed by atoms with E-state index in [0.717, 1.165) is 5.56 Å². The third-order valence-electron chi connectivity index (χ3n) is 4.45. The molecular formula is C18H18FN4O. The highest BCUT2D eigenvalue weighted by Crippen LogP contribution is 2.34. The van der Waals surface area contributed by atoms with Crippen molar-refractivity contribution in [2.45, 2.75) is 31.5 Å². The molecule has 4 rings (SSSR count). The third kappa shape index (κ3) is 2.73. The Balaban J connectivity index is 1.66. The average molecular weight is 325 g/mol. The van der Waals surface area contributed by atoms with E-state index in [1.165, 1.54) is 12.5 Å². The van der Waals surface area contributed by atoms with E-state index in [9.17, 15) is 9.50 Å². The van der Waals surface area contributed by atoms with E-state index in [1.807, 2.05) is 41.3 Å². The quantitative estimate of drug-likeness (QED) is 0.774. The van der Waals surface area contributed by atoms with Crippen LogP contribution in [0.2, 0.25) is 0 Å². The van der Waals surface area contributed by atoms with Gasteiger partial charge in [0.25, 0.3) is 0 Å². The SMILES string of the molecule is O[C@H]1[CH]C[C@@H](n2cc(F)c3c(NCc4ccccc4)ncnc32)C1. The summed E-state index contributed by atoms with van der Waals surface area (Å²) in [7, 11) is 0. The van der Waals surface area contributed by atoms with Gasteiger partial charge in [0, 0.05) is 18.8 Å². The molecule has 24 heavy (non-hydrogen) atoms. The Morgan fingerprint density at radius 1 is 1.25 bits per heavy atom. The highest BCUT2D eigenvalue weighted by Gasteiger charge is 2.27. The van der Waals surface area contributed by atoms with Gasteiger partial charge in [-0.3, -0.25) is 0 Å². The maximum absolute atomic E-state index is 14.5. The van der Waals surface area contributed by atoms with Crippen molar-refractivity contribution in [2.24, 2.45) is 0 Å². The molecule has 2 heterocycles.